The molecule has 0 aromatic carbocycles. The maximum atomic E-state index is 8.89. The van der Waals surface area contributed by atoms with Crippen molar-refractivity contribution in [3.8, 4) is 0 Å². The second-order valence-corrected chi connectivity index (χ2v) is 0.394. The van der Waals surface area contributed by atoms with E-state index < -0.39 is 5.97 Å². The van der Waals surface area contributed by atoms with E-state index >= 15 is 0 Å². The molecule has 0 aromatic rings. The summed E-state index contributed by atoms with van der Waals surface area (Å²) in [7, 11) is 0. The third-order valence-corrected chi connectivity index (χ3v) is 0. The Balaban J connectivity index is -0.00000000750. The summed E-state index contributed by atoms with van der Waals surface area (Å²) in [6.07, 6.45) is 0. The van der Waals surface area contributed by atoms with Crippen molar-refractivity contribution in [3.05, 3.63) is 6.92 Å². The van der Waals surface area contributed by atoms with Gasteiger partial charge in [0.05, 0.1) is 0 Å². The van der Waals surface area contributed by atoms with E-state index in [2.05, 4.69) is 6.92 Å². The van der Waals surface area contributed by atoms with E-state index in [9.17, 15) is 0 Å². The van der Waals surface area contributed by atoms with Crippen LogP contribution in [0, 0.1) is 6.92 Å². The van der Waals surface area contributed by atoms with Crippen LogP contribution in [-0.2, 0) is 72.2 Å². The molecule has 6 heteroatoms. The molecule has 0 saturated carbocycles. The van der Waals surface area contributed by atoms with Gasteiger partial charge in [0.2, 0.25) is 0 Å². The van der Waals surface area contributed by atoms with Gasteiger partial charge in [0, 0.05) is 67.4 Å². The molecular formula is C2H3CoMn2NiO2-. The molecule has 0 aliphatic carbocycles. The van der Waals surface area contributed by atoms with Gasteiger partial charge in [-0.15, -0.1) is 0 Å². The Labute approximate surface area is 89.6 Å². The van der Waals surface area contributed by atoms with E-state index in [1.54, 1.807) is 0 Å². The fourth-order valence-corrected chi connectivity index (χ4v) is 0. The molecule has 0 amide bonds. The topological polar surface area (TPSA) is 37.3 Å². The minimum Gasteiger partial charge on any atom is -0.503 e. The standard InChI is InChI=1S/C2H3O2.Co.2Mn.Ni/c1-2(3)4;;;;/h1H2,(H,3,4);;;;/q-1;;;;. The Morgan fingerprint density at radius 1 is 1.38 bits per heavy atom. The zero-order chi connectivity index (χ0) is 3.58. The summed E-state index contributed by atoms with van der Waals surface area (Å²) in [5.41, 5.74) is 0. The molecule has 0 aliphatic rings. The number of hydrogen-bond donors (Lipinski definition) is 1. The molecule has 1 N–H and O–H groups in total. The van der Waals surface area contributed by atoms with Crippen LogP contribution in [0.25, 0.3) is 0 Å². The average Bonchev–Trinajstić information content (AvgIpc) is 0.811. The number of carboxylic acid groups (broad SMARTS) is 1. The molecule has 0 aromatic heterocycles. The normalized spacial score (nSPS) is 3.00. The van der Waals surface area contributed by atoms with Gasteiger partial charge in [0.1, 0.15) is 0 Å². The van der Waals surface area contributed by atoms with E-state index in [0.29, 0.717) is 0 Å². The van der Waals surface area contributed by atoms with Crippen LogP contribution in [0.2, 0.25) is 0 Å². The van der Waals surface area contributed by atoms with Gasteiger partial charge in [0.15, 0.2) is 5.97 Å². The maximum Gasteiger partial charge on any atom is 0.161 e. The molecule has 57 valence electrons. The Kier molecular flexibility index (Phi) is 102. The minimum atomic E-state index is -1.08. The van der Waals surface area contributed by atoms with Crippen LogP contribution in [0.1, 0.15) is 0 Å². The number of hydrogen-bond acceptors (Lipinski definition) is 1. The molecule has 0 saturated heterocycles. The minimum absolute atomic E-state index is 0. The Hall–Kier alpha value is 1.38. The van der Waals surface area contributed by atoms with E-state index in [-0.39, 0.29) is 67.4 Å². The summed E-state index contributed by atoms with van der Waals surface area (Å²) in [4.78, 5) is 8.89. The molecule has 3 radical (unpaired) electrons. The maximum absolute atomic E-state index is 8.89. The molecule has 8 heavy (non-hydrogen) atoms. The monoisotopic (exact) mass is 286 g/mol. The van der Waals surface area contributed by atoms with E-state index in [4.69, 9.17) is 9.90 Å². The number of carbonyl (C=O) groups is 1. The van der Waals surface area contributed by atoms with Gasteiger partial charge in [-0.1, -0.05) is 0 Å². The van der Waals surface area contributed by atoms with Gasteiger partial charge >= 0.3 is 0 Å². The van der Waals surface area contributed by atoms with Crippen LogP contribution < -0.4 is 0 Å². The first-order valence-corrected chi connectivity index (χ1v) is 0.781. The summed E-state index contributed by atoms with van der Waals surface area (Å²) in [5, 5.41) is 7.31. The molecule has 0 unspecified atom stereocenters. The Morgan fingerprint density at radius 2 is 1.38 bits per heavy atom. The Bertz CT molecular complexity index is 41.0. The molecule has 0 aliphatic heterocycles. The van der Waals surface area contributed by atoms with E-state index in [0.717, 1.165) is 0 Å². The van der Waals surface area contributed by atoms with Crippen LogP contribution in [0.4, 0.5) is 0 Å². The van der Waals surface area contributed by atoms with Crippen LogP contribution in [0.15, 0.2) is 0 Å². The summed E-state index contributed by atoms with van der Waals surface area (Å²) in [6, 6.07) is 0. The van der Waals surface area contributed by atoms with Gasteiger partial charge < -0.3 is 5.11 Å². The first-order chi connectivity index (χ1) is 1.73. The molecule has 0 fully saturated rings. The second kappa shape index (κ2) is 23.8. The van der Waals surface area contributed by atoms with Gasteiger partial charge in [-0.25, -0.2) is 0 Å². The zero-order valence-electron chi connectivity index (χ0n) is 3.47. The van der Waals surface area contributed by atoms with Crippen molar-refractivity contribution >= 4 is 5.97 Å². The molecule has 0 atom stereocenters. The van der Waals surface area contributed by atoms with Gasteiger partial charge in [0.25, 0.3) is 0 Å². The SMILES string of the molecule is [CH2-]C(=O)O.[Co].[Mn].[Mn].[Ni]. The summed E-state index contributed by atoms with van der Waals surface area (Å²) >= 11 is 0. The largest absolute Gasteiger partial charge is 0.503 e. The van der Waals surface area contributed by atoms with Crippen molar-refractivity contribution in [1.29, 1.82) is 0 Å². The van der Waals surface area contributed by atoms with Gasteiger partial charge in [-0.05, 0) is 0 Å². The van der Waals surface area contributed by atoms with Crippen molar-refractivity contribution in [2.24, 2.45) is 0 Å². The molecule has 0 bridgehead atoms. The zero-order valence-corrected chi connectivity index (χ0v) is 7.86. The van der Waals surface area contributed by atoms with Crippen LogP contribution in [0.5, 0.6) is 0 Å². The summed E-state index contributed by atoms with van der Waals surface area (Å²) in [5.74, 6) is -1.08. The molecule has 2 nitrogen and oxygen atoms in total. The summed E-state index contributed by atoms with van der Waals surface area (Å²) < 4.78 is 0. The molecule has 0 rings (SSSR count). The van der Waals surface area contributed by atoms with Crippen LogP contribution in [0.3, 0.4) is 0 Å². The van der Waals surface area contributed by atoms with E-state index in [1.165, 1.54) is 0 Å². The summed E-state index contributed by atoms with van der Waals surface area (Å²) in [6.45, 7) is 2.56. The third-order valence-electron chi connectivity index (χ3n) is 0. The van der Waals surface area contributed by atoms with Crippen molar-refractivity contribution in [3.63, 3.8) is 0 Å². The van der Waals surface area contributed by atoms with E-state index in [1.807, 2.05) is 0 Å². The number of rotatable bonds is 0. The smallest absolute Gasteiger partial charge is 0.161 e. The fraction of sp³-hybridized carbons (Fsp3) is 0. The number of aliphatic carboxylic acids is 1. The average molecular weight is 287 g/mol. The third kappa shape index (κ3) is 158. The fourth-order valence-electron chi connectivity index (χ4n) is 0. The molecular weight excluding hydrogens is 284 g/mol. The van der Waals surface area contributed by atoms with Crippen molar-refractivity contribution in [1.82, 2.24) is 0 Å². The predicted molar refractivity (Wildman–Crippen MR) is 13.0 cm³/mol. The predicted octanol–water partition coefficient (Wildman–Crippen LogP) is -0.105. The quantitative estimate of drug-likeness (QED) is 0.499. The van der Waals surface area contributed by atoms with Crippen molar-refractivity contribution in [2.75, 3.05) is 0 Å². The second-order valence-electron chi connectivity index (χ2n) is 0.394. The van der Waals surface area contributed by atoms with Gasteiger partial charge in [-0.2, -0.15) is 0 Å². The van der Waals surface area contributed by atoms with Crippen LogP contribution in [-0.4, -0.2) is 11.1 Å². The van der Waals surface area contributed by atoms with Crippen molar-refractivity contribution in [2.45, 2.75) is 0 Å². The van der Waals surface area contributed by atoms with Crippen LogP contribution >= 0.6 is 0 Å². The van der Waals surface area contributed by atoms with Crippen molar-refractivity contribution < 1.29 is 77.3 Å². The molecule has 0 heterocycles. The first kappa shape index (κ1) is 34.3. The van der Waals surface area contributed by atoms with Gasteiger partial charge in [-0.3, -0.25) is 11.7 Å². The number of carboxylic acids is 1. The Morgan fingerprint density at radius 3 is 1.38 bits per heavy atom. The molecule has 0 spiro atoms. The first-order valence-electron chi connectivity index (χ1n) is 0.781.